The zero-order chi connectivity index (χ0) is 18.3. The smallest absolute Gasteiger partial charge is 0.221 e. The number of fused-ring (bicyclic) bond motifs is 1. The summed E-state index contributed by atoms with van der Waals surface area (Å²) in [6.45, 7) is 0. The summed E-state index contributed by atoms with van der Waals surface area (Å²) in [4.78, 5) is 22.8. The first-order chi connectivity index (χ1) is 12.5. The van der Waals surface area contributed by atoms with E-state index in [2.05, 4.69) is 20.1 Å². The Hall–Kier alpha value is -3.55. The van der Waals surface area contributed by atoms with E-state index in [1.165, 1.54) is 12.4 Å². The molecular formula is C18H15FN6O. The fourth-order valence-electron chi connectivity index (χ4n) is 2.91. The number of hydrogen-bond donors (Lipinski definition) is 2. The second-order valence-corrected chi connectivity index (χ2v) is 6.02. The van der Waals surface area contributed by atoms with Crippen molar-refractivity contribution in [1.29, 1.82) is 0 Å². The zero-order valence-electron chi connectivity index (χ0n) is 13.9. The SMILES string of the molecule is Cn1cc(-c2cc3c(-c4ccc(CC(N)=O)c(F)c4)ncnc3[nH]2)cn1. The van der Waals surface area contributed by atoms with Gasteiger partial charge in [-0.05, 0) is 17.7 Å². The van der Waals surface area contributed by atoms with E-state index < -0.39 is 11.7 Å². The minimum atomic E-state index is -0.576. The van der Waals surface area contributed by atoms with Crippen molar-refractivity contribution in [2.75, 3.05) is 0 Å². The number of amides is 1. The summed E-state index contributed by atoms with van der Waals surface area (Å²) in [7, 11) is 1.84. The van der Waals surface area contributed by atoms with E-state index >= 15 is 0 Å². The number of aryl methyl sites for hydroxylation is 1. The summed E-state index contributed by atoms with van der Waals surface area (Å²) in [6.07, 6.45) is 4.92. The van der Waals surface area contributed by atoms with Crippen molar-refractivity contribution in [3.63, 3.8) is 0 Å². The van der Waals surface area contributed by atoms with Crippen LogP contribution in [0.15, 0.2) is 43.0 Å². The van der Waals surface area contributed by atoms with Gasteiger partial charge in [-0.3, -0.25) is 9.48 Å². The monoisotopic (exact) mass is 350 g/mol. The van der Waals surface area contributed by atoms with Crippen molar-refractivity contribution in [1.82, 2.24) is 24.7 Å². The maximum absolute atomic E-state index is 14.3. The van der Waals surface area contributed by atoms with Crippen molar-refractivity contribution in [2.24, 2.45) is 12.8 Å². The van der Waals surface area contributed by atoms with Gasteiger partial charge in [0, 0.05) is 29.8 Å². The highest BCUT2D eigenvalue weighted by molar-refractivity contribution is 5.94. The molecule has 0 aliphatic rings. The van der Waals surface area contributed by atoms with Gasteiger partial charge in [-0.25, -0.2) is 14.4 Å². The lowest BCUT2D eigenvalue weighted by Gasteiger charge is -2.05. The highest BCUT2D eigenvalue weighted by Crippen LogP contribution is 2.30. The lowest BCUT2D eigenvalue weighted by molar-refractivity contribution is -0.117. The Bertz CT molecular complexity index is 1130. The molecule has 4 rings (SSSR count). The zero-order valence-corrected chi connectivity index (χ0v) is 13.9. The van der Waals surface area contributed by atoms with Crippen LogP contribution in [0.3, 0.4) is 0 Å². The Labute approximate surface area is 147 Å². The van der Waals surface area contributed by atoms with Crippen LogP contribution < -0.4 is 5.73 Å². The quantitative estimate of drug-likeness (QED) is 0.589. The first-order valence-corrected chi connectivity index (χ1v) is 7.91. The van der Waals surface area contributed by atoms with Crippen LogP contribution in [0.5, 0.6) is 0 Å². The molecule has 1 aromatic carbocycles. The molecule has 7 nitrogen and oxygen atoms in total. The predicted molar refractivity (Wildman–Crippen MR) is 94.4 cm³/mol. The third-order valence-corrected chi connectivity index (χ3v) is 4.13. The molecule has 3 heterocycles. The third kappa shape index (κ3) is 2.81. The van der Waals surface area contributed by atoms with Gasteiger partial charge in [-0.1, -0.05) is 12.1 Å². The van der Waals surface area contributed by atoms with Gasteiger partial charge in [-0.2, -0.15) is 5.10 Å². The van der Waals surface area contributed by atoms with Crippen LogP contribution in [0.2, 0.25) is 0 Å². The average molecular weight is 350 g/mol. The Morgan fingerprint density at radius 3 is 2.81 bits per heavy atom. The third-order valence-electron chi connectivity index (χ3n) is 4.13. The highest BCUT2D eigenvalue weighted by Gasteiger charge is 2.14. The molecule has 0 radical (unpaired) electrons. The molecule has 0 atom stereocenters. The molecule has 0 spiro atoms. The summed E-state index contributed by atoms with van der Waals surface area (Å²) in [5, 5.41) is 4.93. The minimum Gasteiger partial charge on any atom is -0.369 e. The van der Waals surface area contributed by atoms with Gasteiger partial charge in [0.25, 0.3) is 0 Å². The van der Waals surface area contributed by atoms with Crippen LogP contribution in [0.4, 0.5) is 4.39 Å². The van der Waals surface area contributed by atoms with Crippen LogP contribution in [0.1, 0.15) is 5.56 Å². The molecule has 0 saturated heterocycles. The molecule has 3 N–H and O–H groups in total. The first kappa shape index (κ1) is 15.9. The molecule has 0 unspecified atom stereocenters. The van der Waals surface area contributed by atoms with Crippen molar-refractivity contribution in [2.45, 2.75) is 6.42 Å². The predicted octanol–water partition coefficient (Wildman–Crippen LogP) is 2.19. The number of halogens is 1. The number of aromatic amines is 1. The topological polar surface area (TPSA) is 102 Å². The molecule has 1 amide bonds. The minimum absolute atomic E-state index is 0.138. The summed E-state index contributed by atoms with van der Waals surface area (Å²) < 4.78 is 16.0. The first-order valence-electron chi connectivity index (χ1n) is 7.91. The van der Waals surface area contributed by atoms with Crippen molar-refractivity contribution >= 4 is 16.9 Å². The van der Waals surface area contributed by atoms with Crippen molar-refractivity contribution < 1.29 is 9.18 Å². The molecule has 0 saturated carbocycles. The van der Waals surface area contributed by atoms with Gasteiger partial charge < -0.3 is 10.7 Å². The molecule has 26 heavy (non-hydrogen) atoms. The van der Waals surface area contributed by atoms with E-state index in [4.69, 9.17) is 5.73 Å². The van der Waals surface area contributed by atoms with Crippen LogP contribution in [0, 0.1) is 5.82 Å². The number of H-pyrrole nitrogens is 1. The number of aromatic nitrogens is 5. The lowest BCUT2D eigenvalue weighted by atomic mass is 10.0. The molecule has 0 fully saturated rings. The van der Waals surface area contributed by atoms with Gasteiger partial charge in [0.15, 0.2) is 0 Å². The van der Waals surface area contributed by atoms with Gasteiger partial charge in [-0.15, -0.1) is 0 Å². The average Bonchev–Trinajstić information content (AvgIpc) is 3.22. The van der Waals surface area contributed by atoms with Gasteiger partial charge in [0.05, 0.1) is 24.0 Å². The molecule has 3 aromatic heterocycles. The summed E-state index contributed by atoms with van der Waals surface area (Å²) in [5.41, 5.74) is 9.01. The second-order valence-electron chi connectivity index (χ2n) is 6.02. The fraction of sp³-hybridized carbons (Fsp3) is 0.111. The van der Waals surface area contributed by atoms with E-state index in [1.807, 2.05) is 19.3 Å². The van der Waals surface area contributed by atoms with E-state index in [-0.39, 0.29) is 12.0 Å². The van der Waals surface area contributed by atoms with Gasteiger partial charge >= 0.3 is 0 Å². The van der Waals surface area contributed by atoms with Gasteiger partial charge in [0.1, 0.15) is 17.8 Å². The Morgan fingerprint density at radius 2 is 2.12 bits per heavy atom. The van der Waals surface area contributed by atoms with E-state index in [0.29, 0.717) is 16.9 Å². The number of hydrogen-bond acceptors (Lipinski definition) is 4. The molecular weight excluding hydrogens is 335 g/mol. The molecule has 4 aromatic rings. The maximum atomic E-state index is 14.3. The number of primary amides is 1. The van der Waals surface area contributed by atoms with Crippen LogP contribution in [-0.2, 0) is 18.3 Å². The number of nitrogens with zero attached hydrogens (tertiary/aromatic N) is 4. The van der Waals surface area contributed by atoms with Crippen LogP contribution in [-0.4, -0.2) is 30.6 Å². The largest absolute Gasteiger partial charge is 0.369 e. The molecule has 8 heteroatoms. The molecule has 0 aliphatic carbocycles. The maximum Gasteiger partial charge on any atom is 0.221 e. The number of carbonyl (C=O) groups is 1. The molecule has 0 bridgehead atoms. The van der Waals surface area contributed by atoms with Gasteiger partial charge in [0.2, 0.25) is 5.91 Å². The van der Waals surface area contributed by atoms with Crippen LogP contribution >= 0.6 is 0 Å². The Morgan fingerprint density at radius 1 is 1.27 bits per heavy atom. The fourth-order valence-corrected chi connectivity index (χ4v) is 2.91. The second kappa shape index (κ2) is 6.07. The normalized spacial score (nSPS) is 11.2. The Kier molecular flexibility index (Phi) is 3.72. The van der Waals surface area contributed by atoms with E-state index in [9.17, 15) is 9.18 Å². The number of nitrogens with one attached hydrogen (secondary N) is 1. The molecule has 130 valence electrons. The number of nitrogens with two attached hydrogens (primary N) is 1. The summed E-state index contributed by atoms with van der Waals surface area (Å²) in [5.74, 6) is -1.07. The number of rotatable bonds is 4. The highest BCUT2D eigenvalue weighted by atomic mass is 19.1. The van der Waals surface area contributed by atoms with Crippen molar-refractivity contribution in [3.8, 4) is 22.5 Å². The molecule has 0 aliphatic heterocycles. The summed E-state index contributed by atoms with van der Waals surface area (Å²) in [6, 6.07) is 6.55. The Balaban J connectivity index is 1.80. The standard InChI is InChI=1S/C18H15FN6O/c1-25-8-12(7-23-25)15-6-13-17(21-9-22-18(13)24-15)11-3-2-10(5-16(20)26)14(19)4-11/h2-4,6-9H,5H2,1H3,(H2,20,26)(H,21,22,24). The number of benzene rings is 1. The van der Waals surface area contributed by atoms with E-state index in [0.717, 1.165) is 16.6 Å². The number of carbonyl (C=O) groups excluding carboxylic acids is 1. The van der Waals surface area contributed by atoms with Crippen LogP contribution in [0.25, 0.3) is 33.5 Å². The van der Waals surface area contributed by atoms with Crippen molar-refractivity contribution in [3.05, 3.63) is 54.4 Å². The lowest BCUT2D eigenvalue weighted by Crippen LogP contribution is -2.14. The van der Waals surface area contributed by atoms with E-state index in [1.54, 1.807) is 23.0 Å². The summed E-state index contributed by atoms with van der Waals surface area (Å²) >= 11 is 0.